The van der Waals surface area contributed by atoms with Crippen LogP contribution in [-0.2, 0) is 4.74 Å². The van der Waals surface area contributed by atoms with Crippen LogP contribution in [-0.4, -0.2) is 49.3 Å². The molecule has 0 radical (unpaired) electrons. The van der Waals surface area contributed by atoms with Crippen molar-refractivity contribution in [2.24, 2.45) is 0 Å². The maximum atomic E-state index is 11.0. The molecule has 0 bridgehead atoms. The third-order valence-electron chi connectivity index (χ3n) is 2.88. The van der Waals surface area contributed by atoms with Crippen LogP contribution in [0.3, 0.4) is 0 Å². The van der Waals surface area contributed by atoms with Gasteiger partial charge in [-0.2, -0.15) is 0 Å². The van der Waals surface area contributed by atoms with Crippen molar-refractivity contribution in [3.63, 3.8) is 0 Å². The molecule has 2 heterocycles. The molecule has 0 aromatic carbocycles. The van der Waals surface area contributed by atoms with Gasteiger partial charge < -0.3 is 20.1 Å². The summed E-state index contributed by atoms with van der Waals surface area (Å²) in [6.07, 6.45) is -3.86. The van der Waals surface area contributed by atoms with Gasteiger partial charge in [-0.15, -0.1) is 0 Å². The first-order valence-electron chi connectivity index (χ1n) is 5.43. The summed E-state index contributed by atoms with van der Waals surface area (Å²) in [7, 11) is 0. The lowest BCUT2D eigenvalue weighted by Gasteiger charge is -2.18. The topological polar surface area (TPSA) is 108 Å². The van der Waals surface area contributed by atoms with Crippen LogP contribution in [0, 0.1) is 4.77 Å². The van der Waals surface area contributed by atoms with Crippen LogP contribution >= 0.6 is 12.2 Å². The van der Waals surface area contributed by atoms with E-state index in [1.165, 1.54) is 23.8 Å². The molecule has 18 heavy (non-hydrogen) atoms. The van der Waals surface area contributed by atoms with Gasteiger partial charge in [-0.1, -0.05) is 0 Å². The molecule has 1 aromatic rings. The van der Waals surface area contributed by atoms with Crippen molar-refractivity contribution in [2.75, 3.05) is 0 Å². The van der Waals surface area contributed by atoms with Gasteiger partial charge in [0.2, 0.25) is 0 Å². The standard InChI is InChI=1S/C10H14N2O5S/c1-4(13)8-6(15)7(16)9(17-8)12-3-2-5(14)11-10(12)18/h2-4,6-9,13,15-16H,1H3,(H,11,14,18)/t4-,6?,7+,8-,9-/m1/s1. The SMILES string of the molecule is C[C@@H](O)[C@H]1O[C@@H](n2ccc(=O)[nH]c2=S)[C@@H](O)C1O. The van der Waals surface area contributed by atoms with E-state index in [4.69, 9.17) is 17.0 Å². The normalized spacial score (nSPS) is 33.6. The fourth-order valence-corrected chi connectivity index (χ4v) is 2.21. The first kappa shape index (κ1) is 13.4. The number of hydrogen-bond acceptors (Lipinski definition) is 6. The summed E-state index contributed by atoms with van der Waals surface area (Å²) >= 11 is 4.94. The molecule has 1 aromatic heterocycles. The van der Waals surface area contributed by atoms with E-state index in [1.54, 1.807) is 0 Å². The second-order valence-electron chi connectivity index (χ2n) is 4.23. The minimum Gasteiger partial charge on any atom is -0.391 e. The Morgan fingerprint density at radius 2 is 2.17 bits per heavy atom. The lowest BCUT2D eigenvalue weighted by molar-refractivity contribution is -0.0798. The monoisotopic (exact) mass is 274 g/mol. The Hall–Kier alpha value is -1.06. The molecule has 0 aliphatic carbocycles. The van der Waals surface area contributed by atoms with E-state index in [9.17, 15) is 20.1 Å². The fourth-order valence-electron chi connectivity index (χ4n) is 1.94. The molecular weight excluding hydrogens is 260 g/mol. The Labute approximate surface area is 107 Å². The van der Waals surface area contributed by atoms with E-state index in [-0.39, 0.29) is 10.3 Å². The summed E-state index contributed by atoms with van der Waals surface area (Å²) in [5.41, 5.74) is -0.364. The van der Waals surface area contributed by atoms with Gasteiger partial charge in [-0.05, 0) is 19.1 Å². The minimum absolute atomic E-state index is 0.0741. The molecule has 8 heteroatoms. The van der Waals surface area contributed by atoms with E-state index in [1.807, 2.05) is 0 Å². The summed E-state index contributed by atoms with van der Waals surface area (Å²) in [5, 5.41) is 29.1. The molecule has 1 saturated heterocycles. The number of nitrogens with zero attached hydrogens (tertiary/aromatic N) is 1. The first-order chi connectivity index (χ1) is 8.41. The first-order valence-corrected chi connectivity index (χ1v) is 5.84. The number of aromatic nitrogens is 2. The number of H-pyrrole nitrogens is 1. The molecule has 2 rings (SSSR count). The number of aromatic amines is 1. The van der Waals surface area contributed by atoms with Crippen LogP contribution in [0.15, 0.2) is 17.1 Å². The van der Waals surface area contributed by atoms with Gasteiger partial charge in [0.05, 0.1) is 6.10 Å². The van der Waals surface area contributed by atoms with Crippen molar-refractivity contribution in [2.45, 2.75) is 37.6 Å². The molecular formula is C10H14N2O5S. The fraction of sp³-hybridized carbons (Fsp3) is 0.600. The predicted octanol–water partition coefficient (Wildman–Crippen LogP) is -1.09. The number of ether oxygens (including phenoxy) is 1. The summed E-state index contributed by atoms with van der Waals surface area (Å²) < 4.78 is 6.78. The van der Waals surface area contributed by atoms with E-state index in [0.29, 0.717) is 0 Å². The molecule has 5 atom stereocenters. The van der Waals surface area contributed by atoms with Crippen molar-refractivity contribution in [1.29, 1.82) is 0 Å². The number of aliphatic hydroxyl groups is 3. The molecule has 0 saturated carbocycles. The van der Waals surface area contributed by atoms with Gasteiger partial charge in [0.1, 0.15) is 18.3 Å². The summed E-state index contributed by atoms with van der Waals surface area (Å²) in [6, 6.07) is 1.23. The Morgan fingerprint density at radius 3 is 2.67 bits per heavy atom. The van der Waals surface area contributed by atoms with Crippen molar-refractivity contribution < 1.29 is 20.1 Å². The van der Waals surface area contributed by atoms with Gasteiger partial charge in [-0.3, -0.25) is 14.3 Å². The van der Waals surface area contributed by atoms with E-state index < -0.39 is 30.6 Å². The zero-order valence-electron chi connectivity index (χ0n) is 9.56. The second kappa shape index (κ2) is 4.90. The number of nitrogens with one attached hydrogen (secondary N) is 1. The highest BCUT2D eigenvalue weighted by molar-refractivity contribution is 7.71. The number of aliphatic hydroxyl groups excluding tert-OH is 3. The van der Waals surface area contributed by atoms with E-state index >= 15 is 0 Å². The lowest BCUT2D eigenvalue weighted by Crippen LogP contribution is -2.37. The molecule has 1 fully saturated rings. The molecule has 100 valence electrons. The number of hydrogen-bond donors (Lipinski definition) is 4. The maximum absolute atomic E-state index is 11.0. The quantitative estimate of drug-likeness (QED) is 0.510. The van der Waals surface area contributed by atoms with Gasteiger partial charge in [-0.25, -0.2) is 0 Å². The molecule has 4 N–H and O–H groups in total. The third kappa shape index (κ3) is 2.25. The molecule has 0 spiro atoms. The molecule has 0 amide bonds. The van der Waals surface area contributed by atoms with E-state index in [2.05, 4.69) is 4.98 Å². The molecule has 1 aliphatic rings. The average Bonchev–Trinajstić information content (AvgIpc) is 2.57. The second-order valence-corrected chi connectivity index (χ2v) is 4.62. The van der Waals surface area contributed by atoms with Crippen LogP contribution in [0.5, 0.6) is 0 Å². The zero-order chi connectivity index (χ0) is 13.4. The van der Waals surface area contributed by atoms with Crippen molar-refractivity contribution >= 4 is 12.2 Å². The Bertz CT molecular complexity index is 540. The highest BCUT2D eigenvalue weighted by Crippen LogP contribution is 2.30. The van der Waals surface area contributed by atoms with Crippen molar-refractivity contribution in [3.8, 4) is 0 Å². The summed E-state index contributed by atoms with van der Waals surface area (Å²) in [5.74, 6) is 0. The average molecular weight is 274 g/mol. The summed E-state index contributed by atoms with van der Waals surface area (Å²) in [6.45, 7) is 1.45. The third-order valence-corrected chi connectivity index (χ3v) is 3.19. The smallest absolute Gasteiger partial charge is 0.251 e. The van der Waals surface area contributed by atoms with Gasteiger partial charge in [0.25, 0.3) is 5.56 Å². The van der Waals surface area contributed by atoms with Gasteiger partial charge in [0.15, 0.2) is 11.0 Å². The van der Waals surface area contributed by atoms with Crippen molar-refractivity contribution in [3.05, 3.63) is 27.4 Å². The zero-order valence-corrected chi connectivity index (χ0v) is 10.4. The Kier molecular flexibility index (Phi) is 3.64. The molecule has 7 nitrogen and oxygen atoms in total. The highest BCUT2D eigenvalue weighted by Gasteiger charge is 2.45. The Balaban J connectivity index is 2.35. The Morgan fingerprint density at radius 1 is 1.50 bits per heavy atom. The van der Waals surface area contributed by atoms with E-state index in [0.717, 1.165) is 0 Å². The van der Waals surface area contributed by atoms with Crippen LogP contribution in [0.25, 0.3) is 0 Å². The van der Waals surface area contributed by atoms with Gasteiger partial charge in [0, 0.05) is 12.3 Å². The largest absolute Gasteiger partial charge is 0.391 e. The van der Waals surface area contributed by atoms with Crippen LogP contribution in [0.4, 0.5) is 0 Å². The number of rotatable bonds is 2. The lowest BCUT2D eigenvalue weighted by atomic mass is 10.1. The molecule has 1 aliphatic heterocycles. The molecule has 1 unspecified atom stereocenters. The maximum Gasteiger partial charge on any atom is 0.251 e. The minimum atomic E-state index is -1.23. The predicted molar refractivity (Wildman–Crippen MR) is 63.5 cm³/mol. The van der Waals surface area contributed by atoms with Crippen LogP contribution < -0.4 is 5.56 Å². The van der Waals surface area contributed by atoms with Crippen LogP contribution in [0.2, 0.25) is 0 Å². The summed E-state index contributed by atoms with van der Waals surface area (Å²) in [4.78, 5) is 13.4. The van der Waals surface area contributed by atoms with Gasteiger partial charge >= 0.3 is 0 Å². The van der Waals surface area contributed by atoms with Crippen LogP contribution in [0.1, 0.15) is 13.2 Å². The highest BCUT2D eigenvalue weighted by atomic mass is 32.1. The van der Waals surface area contributed by atoms with Crippen molar-refractivity contribution in [1.82, 2.24) is 9.55 Å².